The highest BCUT2D eigenvalue weighted by molar-refractivity contribution is 7.98. The molecule has 0 spiro atoms. The van der Waals surface area contributed by atoms with E-state index in [1.165, 1.54) is 11.8 Å². The van der Waals surface area contributed by atoms with Gasteiger partial charge in [-0.2, -0.15) is 11.8 Å². The van der Waals surface area contributed by atoms with E-state index in [2.05, 4.69) is 16.0 Å². The summed E-state index contributed by atoms with van der Waals surface area (Å²) in [7, 11) is 0. The summed E-state index contributed by atoms with van der Waals surface area (Å²) >= 11 is 1.47. The first-order valence-corrected chi connectivity index (χ1v) is 10.7. The molecule has 176 valence electrons. The van der Waals surface area contributed by atoms with Gasteiger partial charge < -0.3 is 37.6 Å². The summed E-state index contributed by atoms with van der Waals surface area (Å²) in [6, 6.07) is -3.56. The van der Waals surface area contributed by atoms with Crippen molar-refractivity contribution in [3.05, 3.63) is 0 Å². The van der Waals surface area contributed by atoms with E-state index in [0.717, 1.165) is 0 Å². The van der Waals surface area contributed by atoms with Gasteiger partial charge in [-0.3, -0.25) is 28.8 Å². The molecule has 3 unspecified atom stereocenters. The number of amides is 4. The summed E-state index contributed by atoms with van der Waals surface area (Å²) in [5.74, 6) is -5.10. The number of carboxylic acid groups (broad SMARTS) is 2. The zero-order chi connectivity index (χ0) is 24.0. The van der Waals surface area contributed by atoms with Gasteiger partial charge in [0, 0.05) is 12.8 Å². The summed E-state index contributed by atoms with van der Waals surface area (Å²) in [5.41, 5.74) is 10.8. The maximum atomic E-state index is 12.6. The van der Waals surface area contributed by atoms with Gasteiger partial charge in [0.2, 0.25) is 23.6 Å². The fourth-order valence-electron chi connectivity index (χ4n) is 2.30. The molecule has 0 radical (unpaired) electrons. The summed E-state index contributed by atoms with van der Waals surface area (Å²) in [5, 5.41) is 24.3. The first kappa shape index (κ1) is 28.1. The molecule has 0 aliphatic carbocycles. The molecule has 3 atom stereocenters. The highest BCUT2D eigenvalue weighted by Crippen LogP contribution is 2.05. The van der Waals surface area contributed by atoms with E-state index < -0.39 is 66.7 Å². The van der Waals surface area contributed by atoms with Gasteiger partial charge in [-0.25, -0.2) is 0 Å². The topological polar surface area (TPSA) is 231 Å². The van der Waals surface area contributed by atoms with Crippen LogP contribution in [0, 0.1) is 0 Å². The third kappa shape index (κ3) is 13.1. The number of rotatable bonds is 16. The van der Waals surface area contributed by atoms with Crippen molar-refractivity contribution in [2.75, 3.05) is 18.6 Å². The van der Waals surface area contributed by atoms with Gasteiger partial charge in [0.15, 0.2) is 0 Å². The predicted octanol–water partition coefficient (Wildman–Crippen LogP) is -2.63. The number of hydrogen-bond donors (Lipinski definition) is 7. The molecule has 0 aromatic carbocycles. The molecule has 9 N–H and O–H groups in total. The summed E-state index contributed by atoms with van der Waals surface area (Å²) in [4.78, 5) is 69.7. The van der Waals surface area contributed by atoms with Gasteiger partial charge in [0.05, 0.1) is 6.04 Å². The first-order chi connectivity index (χ1) is 14.5. The molecule has 0 heterocycles. The Morgan fingerprint density at radius 1 is 0.839 bits per heavy atom. The average molecular weight is 464 g/mol. The van der Waals surface area contributed by atoms with Crippen molar-refractivity contribution >= 4 is 47.3 Å². The monoisotopic (exact) mass is 463 g/mol. The quantitative estimate of drug-likeness (QED) is 0.126. The van der Waals surface area contributed by atoms with E-state index in [9.17, 15) is 28.8 Å². The Balaban J connectivity index is 5.31. The molecule has 0 fully saturated rings. The second kappa shape index (κ2) is 15.0. The van der Waals surface area contributed by atoms with Crippen molar-refractivity contribution in [3.63, 3.8) is 0 Å². The fourth-order valence-corrected chi connectivity index (χ4v) is 2.79. The molecule has 0 aromatic heterocycles. The molecule has 13 nitrogen and oxygen atoms in total. The molecule has 31 heavy (non-hydrogen) atoms. The number of hydrogen-bond acceptors (Lipinski definition) is 8. The van der Waals surface area contributed by atoms with Crippen LogP contribution in [0.3, 0.4) is 0 Å². The Morgan fingerprint density at radius 3 is 1.90 bits per heavy atom. The number of carboxylic acids is 2. The number of aliphatic carboxylic acids is 2. The lowest BCUT2D eigenvalue weighted by atomic mass is 10.1. The Morgan fingerprint density at radius 2 is 1.39 bits per heavy atom. The third-order valence-corrected chi connectivity index (χ3v) is 4.62. The Hall–Kier alpha value is -2.87. The number of nitrogens with two attached hydrogens (primary N) is 2. The fraction of sp³-hybridized carbons (Fsp3) is 0.647. The van der Waals surface area contributed by atoms with Crippen LogP contribution in [-0.2, 0) is 28.8 Å². The van der Waals surface area contributed by atoms with Crippen LogP contribution in [0.2, 0.25) is 0 Å². The predicted molar refractivity (Wildman–Crippen MR) is 111 cm³/mol. The number of carbonyl (C=O) groups is 6. The maximum Gasteiger partial charge on any atom is 0.322 e. The molecule has 0 saturated heterocycles. The SMILES string of the molecule is CSCCC(N)C(=O)NC(CCC(=O)O)C(=O)NC(CCC(N)=O)C(=O)NCC(=O)O. The second-order valence-electron chi connectivity index (χ2n) is 6.56. The van der Waals surface area contributed by atoms with Crippen molar-refractivity contribution in [1.29, 1.82) is 0 Å². The van der Waals surface area contributed by atoms with Crippen LogP contribution < -0.4 is 27.4 Å². The summed E-state index contributed by atoms with van der Waals surface area (Å²) in [6.07, 6.45) is 0.933. The zero-order valence-electron chi connectivity index (χ0n) is 17.1. The zero-order valence-corrected chi connectivity index (χ0v) is 17.9. The van der Waals surface area contributed by atoms with Crippen molar-refractivity contribution in [3.8, 4) is 0 Å². The third-order valence-electron chi connectivity index (χ3n) is 3.98. The van der Waals surface area contributed by atoms with Crippen molar-refractivity contribution in [1.82, 2.24) is 16.0 Å². The molecule has 14 heteroatoms. The van der Waals surface area contributed by atoms with Crippen molar-refractivity contribution < 1.29 is 39.0 Å². The largest absolute Gasteiger partial charge is 0.481 e. The van der Waals surface area contributed by atoms with E-state index in [1.807, 2.05) is 6.26 Å². The van der Waals surface area contributed by atoms with Crippen LogP contribution >= 0.6 is 11.8 Å². The minimum absolute atomic E-state index is 0.223. The second-order valence-corrected chi connectivity index (χ2v) is 7.54. The number of carbonyl (C=O) groups excluding carboxylic acids is 4. The summed E-state index contributed by atoms with van der Waals surface area (Å²) < 4.78 is 0. The average Bonchev–Trinajstić information content (AvgIpc) is 2.69. The molecule has 0 rings (SSSR count). The molecule has 0 aromatic rings. The van der Waals surface area contributed by atoms with Crippen LogP contribution in [-0.4, -0.2) is 82.5 Å². The van der Waals surface area contributed by atoms with E-state index >= 15 is 0 Å². The van der Waals surface area contributed by atoms with Crippen LogP contribution in [0.5, 0.6) is 0 Å². The molecule has 4 amide bonds. The molecule has 0 aliphatic rings. The van der Waals surface area contributed by atoms with Crippen LogP contribution in [0.1, 0.15) is 32.1 Å². The normalized spacial score (nSPS) is 13.4. The van der Waals surface area contributed by atoms with Crippen LogP contribution in [0.15, 0.2) is 0 Å². The maximum absolute atomic E-state index is 12.6. The van der Waals surface area contributed by atoms with E-state index in [1.54, 1.807) is 0 Å². The van der Waals surface area contributed by atoms with Crippen LogP contribution in [0.25, 0.3) is 0 Å². The number of primary amides is 1. The first-order valence-electron chi connectivity index (χ1n) is 9.32. The molecule has 0 aliphatic heterocycles. The smallest absolute Gasteiger partial charge is 0.322 e. The molecule has 0 bridgehead atoms. The van der Waals surface area contributed by atoms with Gasteiger partial charge in [-0.05, 0) is 31.3 Å². The highest BCUT2D eigenvalue weighted by atomic mass is 32.2. The minimum Gasteiger partial charge on any atom is -0.481 e. The Labute approximate surface area is 183 Å². The Bertz CT molecular complexity index is 675. The number of nitrogens with one attached hydrogen (secondary N) is 3. The van der Waals surface area contributed by atoms with Crippen molar-refractivity contribution in [2.45, 2.75) is 50.2 Å². The molecular formula is C17H29N5O8S. The van der Waals surface area contributed by atoms with Gasteiger partial charge in [0.25, 0.3) is 0 Å². The standard InChI is InChI=1S/C17H29N5O8S/c1-31-7-6-9(18)15(28)21-11(3-5-13(24)25)17(30)22-10(2-4-12(19)23)16(29)20-8-14(26)27/h9-11H,2-8,18H2,1H3,(H2,19,23)(H,20,29)(H,21,28)(H,22,30)(H,24,25)(H,26,27). The molecule has 0 saturated carbocycles. The van der Waals surface area contributed by atoms with Gasteiger partial charge >= 0.3 is 11.9 Å². The lowest BCUT2D eigenvalue weighted by Crippen LogP contribution is -2.56. The van der Waals surface area contributed by atoms with Crippen molar-refractivity contribution in [2.24, 2.45) is 11.5 Å². The van der Waals surface area contributed by atoms with E-state index in [0.29, 0.717) is 12.2 Å². The highest BCUT2D eigenvalue weighted by Gasteiger charge is 2.28. The lowest BCUT2D eigenvalue weighted by Gasteiger charge is -2.23. The minimum atomic E-state index is -1.33. The van der Waals surface area contributed by atoms with Gasteiger partial charge in [0.1, 0.15) is 18.6 Å². The lowest BCUT2D eigenvalue weighted by molar-refractivity contribution is -0.139. The van der Waals surface area contributed by atoms with E-state index in [4.69, 9.17) is 21.7 Å². The van der Waals surface area contributed by atoms with E-state index in [-0.39, 0.29) is 19.3 Å². The Kier molecular flexibility index (Phi) is 13.6. The van der Waals surface area contributed by atoms with Crippen LogP contribution in [0.4, 0.5) is 0 Å². The van der Waals surface area contributed by atoms with Gasteiger partial charge in [-0.1, -0.05) is 0 Å². The number of thioether (sulfide) groups is 1. The molecular weight excluding hydrogens is 434 g/mol. The summed E-state index contributed by atoms with van der Waals surface area (Å²) in [6.45, 7) is -0.717. The van der Waals surface area contributed by atoms with Gasteiger partial charge in [-0.15, -0.1) is 0 Å².